The summed E-state index contributed by atoms with van der Waals surface area (Å²) in [6.45, 7) is 3.21. The molecule has 0 fully saturated rings. The van der Waals surface area contributed by atoms with Crippen LogP contribution in [0.15, 0.2) is 16.6 Å². The predicted octanol–water partition coefficient (Wildman–Crippen LogP) is 4.15. The van der Waals surface area contributed by atoms with Gasteiger partial charge in [0.25, 0.3) is 0 Å². The molecule has 19 heavy (non-hydrogen) atoms. The third kappa shape index (κ3) is 6.82. The van der Waals surface area contributed by atoms with Crippen LogP contribution in [0.4, 0.5) is 0 Å². The summed E-state index contributed by atoms with van der Waals surface area (Å²) in [5.41, 5.74) is 0. The van der Waals surface area contributed by atoms with Gasteiger partial charge in [-0.2, -0.15) is 0 Å². The van der Waals surface area contributed by atoms with Gasteiger partial charge in [-0.3, -0.25) is 0 Å². The Hall–Kier alpha value is -0.0000000000000000555. The lowest BCUT2D eigenvalue weighted by Crippen LogP contribution is -2.20. The molecule has 0 saturated carbocycles. The largest absolute Gasteiger partial charge is 0.492 e. The first-order chi connectivity index (χ1) is 9.15. The molecule has 0 aliphatic carbocycles. The minimum Gasteiger partial charge on any atom is -0.492 e. The van der Waals surface area contributed by atoms with Crippen LogP contribution in [-0.2, 0) is 4.74 Å². The molecule has 0 atom stereocenters. The zero-order chi connectivity index (χ0) is 14.1. The molecule has 0 heterocycles. The van der Waals surface area contributed by atoms with E-state index in [0.29, 0.717) is 22.4 Å². The van der Waals surface area contributed by atoms with E-state index in [9.17, 15) is 0 Å². The van der Waals surface area contributed by atoms with Gasteiger partial charge in [-0.05, 0) is 41.4 Å². The lowest BCUT2D eigenvalue weighted by Gasteiger charge is -2.09. The standard InChI is InChI=1S/C13H18BrCl2NO2/c1-18-7-5-17-4-2-3-6-19-13-9-11(15)10(14)8-12(13)16/h8-9,17H,2-7H2,1H3. The minimum atomic E-state index is 0.564. The SMILES string of the molecule is COCCNCCCCOc1cc(Cl)c(Br)cc1Cl. The second-order valence-electron chi connectivity index (χ2n) is 4.00. The summed E-state index contributed by atoms with van der Waals surface area (Å²) in [5.74, 6) is 0.627. The van der Waals surface area contributed by atoms with Gasteiger partial charge in [-0.25, -0.2) is 0 Å². The Labute approximate surface area is 132 Å². The highest BCUT2D eigenvalue weighted by molar-refractivity contribution is 9.10. The molecule has 0 saturated heterocycles. The summed E-state index contributed by atoms with van der Waals surface area (Å²) in [4.78, 5) is 0. The van der Waals surface area contributed by atoms with Crippen LogP contribution in [0.3, 0.4) is 0 Å². The first-order valence-corrected chi connectivity index (χ1v) is 7.67. The van der Waals surface area contributed by atoms with Crippen molar-refractivity contribution in [1.29, 1.82) is 0 Å². The summed E-state index contributed by atoms with van der Waals surface area (Å²) in [7, 11) is 1.70. The number of methoxy groups -OCH3 is 1. The van der Waals surface area contributed by atoms with E-state index in [2.05, 4.69) is 21.2 Å². The van der Waals surface area contributed by atoms with Crippen LogP contribution in [0.5, 0.6) is 5.75 Å². The molecule has 1 rings (SSSR count). The van der Waals surface area contributed by atoms with Gasteiger partial charge in [0, 0.05) is 24.2 Å². The molecule has 6 heteroatoms. The smallest absolute Gasteiger partial charge is 0.139 e. The average Bonchev–Trinajstić information content (AvgIpc) is 2.38. The van der Waals surface area contributed by atoms with Crippen LogP contribution in [0, 0.1) is 0 Å². The van der Waals surface area contributed by atoms with Gasteiger partial charge in [-0.1, -0.05) is 23.2 Å². The molecule has 108 valence electrons. The van der Waals surface area contributed by atoms with Gasteiger partial charge in [0.05, 0.1) is 23.3 Å². The van der Waals surface area contributed by atoms with Crippen LogP contribution < -0.4 is 10.1 Å². The first-order valence-electron chi connectivity index (χ1n) is 6.12. The van der Waals surface area contributed by atoms with E-state index >= 15 is 0 Å². The van der Waals surface area contributed by atoms with Crippen LogP contribution in [0.2, 0.25) is 10.0 Å². The zero-order valence-electron chi connectivity index (χ0n) is 10.8. The lowest BCUT2D eigenvalue weighted by atomic mass is 10.3. The number of ether oxygens (including phenoxy) is 2. The molecule has 0 radical (unpaired) electrons. The normalized spacial score (nSPS) is 10.7. The van der Waals surface area contributed by atoms with Crippen molar-refractivity contribution in [3.05, 3.63) is 26.7 Å². The Kier molecular flexibility index (Phi) is 8.83. The van der Waals surface area contributed by atoms with E-state index in [1.54, 1.807) is 19.2 Å². The van der Waals surface area contributed by atoms with Gasteiger partial charge < -0.3 is 14.8 Å². The highest BCUT2D eigenvalue weighted by Gasteiger charge is 2.06. The Bertz CT molecular complexity index is 391. The number of rotatable bonds is 9. The molecule has 1 N–H and O–H groups in total. The van der Waals surface area contributed by atoms with Gasteiger partial charge in [0.2, 0.25) is 0 Å². The van der Waals surface area contributed by atoms with Crippen LogP contribution >= 0.6 is 39.1 Å². The minimum absolute atomic E-state index is 0.564. The number of hydrogen-bond donors (Lipinski definition) is 1. The van der Waals surface area contributed by atoms with E-state index < -0.39 is 0 Å². The number of benzene rings is 1. The van der Waals surface area contributed by atoms with E-state index in [4.69, 9.17) is 32.7 Å². The molecule has 0 spiro atoms. The van der Waals surface area contributed by atoms with Crippen molar-refractivity contribution in [1.82, 2.24) is 5.32 Å². The average molecular weight is 371 g/mol. The molecule has 1 aromatic rings. The predicted molar refractivity (Wildman–Crippen MR) is 83.6 cm³/mol. The molecule has 0 aliphatic heterocycles. The van der Waals surface area contributed by atoms with Crippen molar-refractivity contribution < 1.29 is 9.47 Å². The maximum absolute atomic E-state index is 6.06. The highest BCUT2D eigenvalue weighted by atomic mass is 79.9. The molecule has 0 unspecified atom stereocenters. The molecular formula is C13H18BrCl2NO2. The van der Waals surface area contributed by atoms with Crippen LogP contribution in [0.1, 0.15) is 12.8 Å². The highest BCUT2D eigenvalue weighted by Crippen LogP contribution is 2.34. The molecular weight excluding hydrogens is 353 g/mol. The van der Waals surface area contributed by atoms with Crippen molar-refractivity contribution in [3.8, 4) is 5.75 Å². The van der Waals surface area contributed by atoms with E-state index in [0.717, 1.165) is 37.0 Å². The number of hydrogen-bond acceptors (Lipinski definition) is 3. The van der Waals surface area contributed by atoms with E-state index in [1.165, 1.54) is 0 Å². The number of unbranched alkanes of at least 4 members (excludes halogenated alkanes) is 1. The maximum atomic E-state index is 6.06. The number of halogens is 3. The molecule has 0 aliphatic rings. The quantitative estimate of drug-likeness (QED) is 0.523. The van der Waals surface area contributed by atoms with Gasteiger partial charge in [-0.15, -0.1) is 0 Å². The Morgan fingerprint density at radius 2 is 1.89 bits per heavy atom. The van der Waals surface area contributed by atoms with E-state index in [1.807, 2.05) is 0 Å². The number of nitrogens with one attached hydrogen (secondary N) is 1. The van der Waals surface area contributed by atoms with Gasteiger partial charge >= 0.3 is 0 Å². The summed E-state index contributed by atoms with van der Waals surface area (Å²) < 4.78 is 11.3. The second kappa shape index (κ2) is 9.83. The van der Waals surface area contributed by atoms with Crippen molar-refractivity contribution in [2.24, 2.45) is 0 Å². The first kappa shape index (κ1) is 17.1. The third-order valence-corrected chi connectivity index (χ3v) is 3.96. The van der Waals surface area contributed by atoms with Crippen molar-refractivity contribution in [2.45, 2.75) is 12.8 Å². The summed E-state index contributed by atoms with van der Waals surface area (Å²) in [6.07, 6.45) is 2.01. The summed E-state index contributed by atoms with van der Waals surface area (Å²) in [5, 5.41) is 4.44. The van der Waals surface area contributed by atoms with Gasteiger partial charge in [0.15, 0.2) is 0 Å². The maximum Gasteiger partial charge on any atom is 0.139 e. The Morgan fingerprint density at radius 3 is 2.63 bits per heavy atom. The monoisotopic (exact) mass is 369 g/mol. The van der Waals surface area contributed by atoms with Crippen molar-refractivity contribution >= 4 is 39.1 Å². The van der Waals surface area contributed by atoms with Crippen molar-refractivity contribution in [3.63, 3.8) is 0 Å². The molecule has 3 nitrogen and oxygen atoms in total. The summed E-state index contributed by atoms with van der Waals surface area (Å²) in [6, 6.07) is 3.47. The zero-order valence-corrected chi connectivity index (χ0v) is 13.9. The molecule has 0 bridgehead atoms. The van der Waals surface area contributed by atoms with E-state index in [-0.39, 0.29) is 0 Å². The fourth-order valence-corrected chi connectivity index (χ4v) is 2.30. The Balaban J connectivity index is 2.17. The lowest BCUT2D eigenvalue weighted by molar-refractivity contribution is 0.199. The van der Waals surface area contributed by atoms with Crippen molar-refractivity contribution in [2.75, 3.05) is 33.4 Å². The third-order valence-electron chi connectivity index (χ3n) is 2.46. The fourth-order valence-electron chi connectivity index (χ4n) is 1.45. The van der Waals surface area contributed by atoms with Crippen LogP contribution in [-0.4, -0.2) is 33.4 Å². The Morgan fingerprint density at radius 1 is 1.11 bits per heavy atom. The summed E-state index contributed by atoms with van der Waals surface area (Å²) >= 11 is 15.4. The second-order valence-corrected chi connectivity index (χ2v) is 5.66. The molecule has 1 aromatic carbocycles. The molecule has 0 aromatic heterocycles. The van der Waals surface area contributed by atoms with Crippen LogP contribution in [0.25, 0.3) is 0 Å². The fraction of sp³-hybridized carbons (Fsp3) is 0.538. The molecule has 0 amide bonds. The van der Waals surface area contributed by atoms with Gasteiger partial charge in [0.1, 0.15) is 5.75 Å². The topological polar surface area (TPSA) is 30.5 Å².